The largest absolute Gasteiger partial charge is 0.356 e. The molecule has 0 aromatic carbocycles. The molecule has 1 rings (SSSR count). The third-order valence-corrected chi connectivity index (χ3v) is 7.03. The molecule has 2 heteroatoms. The van der Waals surface area contributed by atoms with Crippen molar-refractivity contribution < 1.29 is 0 Å². The Morgan fingerprint density at radius 1 is 0.419 bits per heavy atom. The Labute approximate surface area is 197 Å². The summed E-state index contributed by atoms with van der Waals surface area (Å²) in [6.07, 6.45) is 35.2. The van der Waals surface area contributed by atoms with Gasteiger partial charge in [-0.15, -0.1) is 0 Å². The molecule has 1 heterocycles. The SMILES string of the molecule is CCCCCCCCCCCCCCCCCCC1N(CCC)C=CN1CCCCC. The summed E-state index contributed by atoms with van der Waals surface area (Å²) >= 11 is 0. The summed E-state index contributed by atoms with van der Waals surface area (Å²) in [6, 6.07) is 0. The highest BCUT2D eigenvalue weighted by molar-refractivity contribution is 4.96. The molecule has 0 spiro atoms. The van der Waals surface area contributed by atoms with Gasteiger partial charge in [-0.2, -0.15) is 0 Å². The van der Waals surface area contributed by atoms with Crippen molar-refractivity contribution in [2.75, 3.05) is 13.1 Å². The topological polar surface area (TPSA) is 6.48 Å². The molecular formula is C29H58N2. The molecule has 0 aromatic heterocycles. The molecule has 2 nitrogen and oxygen atoms in total. The van der Waals surface area contributed by atoms with Crippen LogP contribution in [0, 0.1) is 0 Å². The molecular weight excluding hydrogens is 376 g/mol. The first-order valence-electron chi connectivity index (χ1n) is 14.5. The van der Waals surface area contributed by atoms with E-state index >= 15 is 0 Å². The Hall–Kier alpha value is -0.660. The van der Waals surface area contributed by atoms with Gasteiger partial charge in [-0.1, -0.05) is 130 Å². The van der Waals surface area contributed by atoms with Crippen LogP contribution < -0.4 is 0 Å². The second-order valence-electron chi connectivity index (χ2n) is 10.1. The number of unbranched alkanes of at least 4 members (excludes halogenated alkanes) is 17. The summed E-state index contributed by atoms with van der Waals surface area (Å²) in [5.41, 5.74) is 0. The summed E-state index contributed by atoms with van der Waals surface area (Å²) in [5, 5.41) is 0. The second-order valence-corrected chi connectivity index (χ2v) is 10.1. The van der Waals surface area contributed by atoms with Crippen molar-refractivity contribution in [1.29, 1.82) is 0 Å². The van der Waals surface area contributed by atoms with E-state index in [9.17, 15) is 0 Å². The maximum atomic E-state index is 2.62. The van der Waals surface area contributed by atoms with Crippen molar-refractivity contribution in [2.45, 2.75) is 162 Å². The van der Waals surface area contributed by atoms with Crippen LogP contribution in [0.3, 0.4) is 0 Å². The molecule has 0 radical (unpaired) electrons. The smallest absolute Gasteiger partial charge is 0.101 e. The number of hydrogen-bond donors (Lipinski definition) is 0. The average Bonchev–Trinajstić information content (AvgIpc) is 3.15. The van der Waals surface area contributed by atoms with Crippen LogP contribution >= 0.6 is 0 Å². The molecule has 0 N–H and O–H groups in total. The molecule has 0 saturated carbocycles. The molecule has 0 saturated heterocycles. The van der Waals surface area contributed by atoms with Crippen molar-refractivity contribution >= 4 is 0 Å². The van der Waals surface area contributed by atoms with Crippen LogP contribution in [0.15, 0.2) is 12.4 Å². The van der Waals surface area contributed by atoms with Crippen molar-refractivity contribution in [3.8, 4) is 0 Å². The maximum absolute atomic E-state index is 2.62. The van der Waals surface area contributed by atoms with E-state index in [0.717, 1.165) is 0 Å². The van der Waals surface area contributed by atoms with Crippen LogP contribution in [0.2, 0.25) is 0 Å². The lowest BCUT2D eigenvalue weighted by atomic mass is 10.0. The summed E-state index contributed by atoms with van der Waals surface area (Å²) in [4.78, 5) is 5.22. The lowest BCUT2D eigenvalue weighted by Crippen LogP contribution is -2.39. The van der Waals surface area contributed by atoms with Crippen molar-refractivity contribution in [2.24, 2.45) is 0 Å². The van der Waals surface area contributed by atoms with Crippen molar-refractivity contribution in [3.63, 3.8) is 0 Å². The number of hydrogen-bond acceptors (Lipinski definition) is 2. The molecule has 1 aliphatic heterocycles. The highest BCUT2D eigenvalue weighted by Gasteiger charge is 2.24. The maximum Gasteiger partial charge on any atom is 0.101 e. The van der Waals surface area contributed by atoms with Crippen molar-refractivity contribution in [1.82, 2.24) is 9.80 Å². The van der Waals surface area contributed by atoms with Crippen LogP contribution in [0.1, 0.15) is 156 Å². The fraction of sp³-hybridized carbons (Fsp3) is 0.931. The molecule has 0 bridgehead atoms. The molecule has 31 heavy (non-hydrogen) atoms. The molecule has 1 aliphatic rings. The van der Waals surface area contributed by atoms with E-state index in [1.165, 1.54) is 148 Å². The number of rotatable bonds is 23. The first kappa shape index (κ1) is 28.4. The summed E-state index contributed by atoms with van der Waals surface area (Å²) < 4.78 is 0. The zero-order valence-electron chi connectivity index (χ0n) is 21.9. The van der Waals surface area contributed by atoms with Crippen molar-refractivity contribution in [3.05, 3.63) is 12.4 Å². The van der Waals surface area contributed by atoms with Gasteiger partial charge in [-0.3, -0.25) is 0 Å². The highest BCUT2D eigenvalue weighted by atomic mass is 15.4. The molecule has 0 fully saturated rings. The lowest BCUT2D eigenvalue weighted by molar-refractivity contribution is 0.137. The van der Waals surface area contributed by atoms with Crippen LogP contribution in [0.25, 0.3) is 0 Å². The molecule has 1 atom stereocenters. The molecule has 0 amide bonds. The zero-order valence-corrected chi connectivity index (χ0v) is 21.9. The van der Waals surface area contributed by atoms with Gasteiger partial charge in [0.25, 0.3) is 0 Å². The van der Waals surface area contributed by atoms with Gasteiger partial charge in [-0.25, -0.2) is 0 Å². The van der Waals surface area contributed by atoms with E-state index < -0.39 is 0 Å². The normalized spacial score (nSPS) is 16.0. The minimum Gasteiger partial charge on any atom is -0.356 e. The van der Waals surface area contributed by atoms with E-state index in [1.807, 2.05) is 0 Å². The Bertz CT molecular complexity index is 392. The van der Waals surface area contributed by atoms with Crippen LogP contribution in [0.4, 0.5) is 0 Å². The number of nitrogens with zero attached hydrogens (tertiary/aromatic N) is 2. The summed E-state index contributed by atoms with van der Waals surface area (Å²) in [7, 11) is 0. The van der Waals surface area contributed by atoms with E-state index in [4.69, 9.17) is 0 Å². The molecule has 1 unspecified atom stereocenters. The van der Waals surface area contributed by atoms with E-state index in [0.29, 0.717) is 6.17 Å². The average molecular weight is 435 g/mol. The Morgan fingerprint density at radius 2 is 0.806 bits per heavy atom. The lowest BCUT2D eigenvalue weighted by Gasteiger charge is -2.33. The summed E-state index contributed by atoms with van der Waals surface area (Å²) in [5.74, 6) is 0. The van der Waals surface area contributed by atoms with Gasteiger partial charge in [-0.05, 0) is 25.7 Å². The fourth-order valence-electron chi connectivity index (χ4n) is 5.02. The van der Waals surface area contributed by atoms with Gasteiger partial charge in [0.2, 0.25) is 0 Å². The quantitative estimate of drug-likeness (QED) is 0.148. The standard InChI is InChI=1S/C29H58N2/c1-4-7-9-10-11-12-13-14-15-16-17-18-19-20-21-22-24-29-30(25-6-3)27-28-31(29)26-23-8-5-2/h27-29H,4-26H2,1-3H3. The van der Waals surface area contributed by atoms with Gasteiger partial charge < -0.3 is 9.80 Å². The predicted octanol–water partition coefficient (Wildman–Crippen LogP) is 9.65. The van der Waals surface area contributed by atoms with Crippen LogP contribution in [-0.2, 0) is 0 Å². The molecule has 184 valence electrons. The molecule has 0 aromatic rings. The predicted molar refractivity (Wildman–Crippen MR) is 140 cm³/mol. The zero-order chi connectivity index (χ0) is 22.4. The Balaban J connectivity index is 1.94. The van der Waals surface area contributed by atoms with E-state index in [1.54, 1.807) is 0 Å². The Kier molecular flexibility index (Phi) is 19.4. The van der Waals surface area contributed by atoms with Gasteiger partial charge >= 0.3 is 0 Å². The third-order valence-electron chi connectivity index (χ3n) is 7.03. The van der Waals surface area contributed by atoms with Gasteiger partial charge in [0, 0.05) is 25.5 Å². The van der Waals surface area contributed by atoms with Gasteiger partial charge in [0.1, 0.15) is 6.17 Å². The summed E-state index contributed by atoms with van der Waals surface area (Å²) in [6.45, 7) is 9.37. The minimum atomic E-state index is 0.642. The monoisotopic (exact) mass is 434 g/mol. The fourth-order valence-corrected chi connectivity index (χ4v) is 5.02. The Morgan fingerprint density at radius 3 is 1.26 bits per heavy atom. The minimum absolute atomic E-state index is 0.642. The third kappa shape index (κ3) is 14.9. The highest BCUT2D eigenvalue weighted by Crippen LogP contribution is 2.23. The van der Waals surface area contributed by atoms with Crippen LogP contribution in [-0.4, -0.2) is 29.1 Å². The second kappa shape index (κ2) is 21.2. The van der Waals surface area contributed by atoms with E-state index in [-0.39, 0.29) is 0 Å². The molecule has 0 aliphatic carbocycles. The first-order valence-corrected chi connectivity index (χ1v) is 14.5. The van der Waals surface area contributed by atoms with Gasteiger partial charge in [0.05, 0.1) is 0 Å². The first-order chi connectivity index (χ1) is 15.3. The van der Waals surface area contributed by atoms with Gasteiger partial charge in [0.15, 0.2) is 0 Å². The van der Waals surface area contributed by atoms with Crippen LogP contribution in [0.5, 0.6) is 0 Å². The van der Waals surface area contributed by atoms with E-state index in [2.05, 4.69) is 43.0 Å².